The van der Waals surface area contributed by atoms with Crippen LogP contribution in [0.4, 0.5) is 11.4 Å². The molecule has 1 heterocycles. The number of carbonyl (C=O) groups is 1. The van der Waals surface area contributed by atoms with Gasteiger partial charge in [-0.2, -0.15) is 0 Å². The van der Waals surface area contributed by atoms with Gasteiger partial charge in [-0.1, -0.05) is 32.9 Å². The van der Waals surface area contributed by atoms with E-state index < -0.39 is 10.8 Å². The second-order valence-corrected chi connectivity index (χ2v) is 5.91. The van der Waals surface area contributed by atoms with Crippen LogP contribution in [-0.2, 0) is 5.41 Å². The molecule has 1 N–H and O–H groups in total. The summed E-state index contributed by atoms with van der Waals surface area (Å²) in [5, 5.41) is 13.5. The van der Waals surface area contributed by atoms with E-state index >= 15 is 0 Å². The average molecular weight is 299 g/mol. The van der Waals surface area contributed by atoms with Crippen molar-refractivity contribution < 1.29 is 9.72 Å². The van der Waals surface area contributed by atoms with E-state index in [0.29, 0.717) is 5.56 Å². The number of rotatable bonds is 3. The monoisotopic (exact) mass is 299 g/mol. The number of amides is 1. The van der Waals surface area contributed by atoms with Crippen molar-refractivity contribution in [3.63, 3.8) is 0 Å². The minimum atomic E-state index is -0.525. The van der Waals surface area contributed by atoms with Gasteiger partial charge in [0.15, 0.2) is 0 Å². The van der Waals surface area contributed by atoms with Gasteiger partial charge in [0.05, 0.1) is 4.92 Å². The highest BCUT2D eigenvalue weighted by atomic mass is 16.6. The van der Waals surface area contributed by atoms with Crippen molar-refractivity contribution in [3.05, 3.63) is 64.0 Å². The maximum Gasteiger partial charge on any atom is 0.292 e. The van der Waals surface area contributed by atoms with Crippen LogP contribution < -0.4 is 5.32 Å². The summed E-state index contributed by atoms with van der Waals surface area (Å²) in [6, 6.07) is 9.32. The fraction of sp³-hybridized carbons (Fsp3) is 0.250. The summed E-state index contributed by atoms with van der Waals surface area (Å²) in [5.74, 6) is -0.401. The molecule has 1 aromatic carbocycles. The van der Waals surface area contributed by atoms with Gasteiger partial charge in [-0.15, -0.1) is 0 Å². The highest BCUT2D eigenvalue weighted by molar-refractivity contribution is 6.05. The van der Waals surface area contributed by atoms with Crippen molar-refractivity contribution in [1.82, 2.24) is 4.98 Å². The molecule has 0 aliphatic heterocycles. The topological polar surface area (TPSA) is 85.1 Å². The molecule has 2 rings (SSSR count). The van der Waals surface area contributed by atoms with Crippen molar-refractivity contribution in [2.45, 2.75) is 26.2 Å². The maximum atomic E-state index is 12.3. The number of nitro groups is 1. The maximum absolute atomic E-state index is 12.3. The Morgan fingerprint density at radius 3 is 2.55 bits per heavy atom. The normalized spacial score (nSPS) is 11.0. The van der Waals surface area contributed by atoms with Gasteiger partial charge in [0, 0.05) is 28.9 Å². The van der Waals surface area contributed by atoms with Crippen molar-refractivity contribution in [2.75, 3.05) is 5.32 Å². The van der Waals surface area contributed by atoms with Crippen LogP contribution in [0, 0.1) is 10.1 Å². The molecule has 0 spiro atoms. The van der Waals surface area contributed by atoms with E-state index in [2.05, 4.69) is 10.3 Å². The Labute approximate surface area is 128 Å². The molecule has 0 bridgehead atoms. The minimum Gasteiger partial charge on any atom is -0.316 e. The number of benzene rings is 1. The number of nitrogens with zero attached hydrogens (tertiary/aromatic N) is 2. The molecular weight excluding hydrogens is 282 g/mol. The van der Waals surface area contributed by atoms with Crippen LogP contribution in [0.15, 0.2) is 42.6 Å². The molecular formula is C16H17N3O3. The zero-order valence-corrected chi connectivity index (χ0v) is 12.7. The van der Waals surface area contributed by atoms with Crippen LogP contribution in [0.3, 0.4) is 0 Å². The van der Waals surface area contributed by atoms with Crippen LogP contribution in [-0.4, -0.2) is 15.8 Å². The van der Waals surface area contributed by atoms with E-state index in [-0.39, 0.29) is 16.8 Å². The number of nitro benzene ring substituents is 1. The molecule has 0 saturated heterocycles. The average Bonchev–Trinajstić information content (AvgIpc) is 2.47. The van der Waals surface area contributed by atoms with Crippen molar-refractivity contribution in [3.8, 4) is 0 Å². The van der Waals surface area contributed by atoms with Gasteiger partial charge in [-0.3, -0.25) is 19.9 Å². The van der Waals surface area contributed by atoms with Crippen molar-refractivity contribution in [1.29, 1.82) is 0 Å². The number of hydrogen-bond donors (Lipinski definition) is 1. The van der Waals surface area contributed by atoms with E-state index in [1.54, 1.807) is 30.5 Å². The highest BCUT2D eigenvalue weighted by Gasteiger charge is 2.19. The zero-order valence-electron chi connectivity index (χ0n) is 12.7. The first kappa shape index (κ1) is 15.6. The predicted octanol–water partition coefficient (Wildman–Crippen LogP) is 3.54. The molecule has 0 unspecified atom stereocenters. The van der Waals surface area contributed by atoms with Gasteiger partial charge < -0.3 is 5.32 Å². The molecule has 6 heteroatoms. The lowest BCUT2D eigenvalue weighted by molar-refractivity contribution is -0.383. The Bertz CT molecular complexity index is 721. The van der Waals surface area contributed by atoms with E-state index in [1.165, 1.54) is 12.1 Å². The summed E-state index contributed by atoms with van der Waals surface area (Å²) < 4.78 is 0. The summed E-state index contributed by atoms with van der Waals surface area (Å²) in [5.41, 5.74) is 1.04. The van der Waals surface area contributed by atoms with Crippen LogP contribution in [0.1, 0.15) is 36.8 Å². The molecule has 0 aliphatic rings. The molecule has 0 saturated carbocycles. The zero-order chi connectivity index (χ0) is 16.3. The molecule has 22 heavy (non-hydrogen) atoms. The molecule has 1 amide bonds. The third-order valence-corrected chi connectivity index (χ3v) is 3.14. The molecule has 0 aliphatic carbocycles. The second-order valence-electron chi connectivity index (χ2n) is 5.91. The number of nitrogens with one attached hydrogen (secondary N) is 1. The molecule has 1 aromatic heterocycles. The summed E-state index contributed by atoms with van der Waals surface area (Å²) >= 11 is 0. The van der Waals surface area contributed by atoms with Crippen molar-refractivity contribution >= 4 is 17.3 Å². The number of hydrogen-bond acceptors (Lipinski definition) is 4. The summed E-state index contributed by atoms with van der Waals surface area (Å²) in [7, 11) is 0. The van der Waals surface area contributed by atoms with Gasteiger partial charge in [-0.25, -0.2) is 0 Å². The standard InChI is InChI=1S/C16H17N3O3/c1-16(2,3)14-10-11(8-9-17-14)15(20)18-12-6-4-5-7-13(12)19(21)22/h4-10H,1-3H3,(H,18,20). The Kier molecular flexibility index (Phi) is 4.21. The highest BCUT2D eigenvalue weighted by Crippen LogP contribution is 2.25. The summed E-state index contributed by atoms with van der Waals surface area (Å²) in [6.07, 6.45) is 1.56. The molecule has 0 fully saturated rings. The molecule has 0 radical (unpaired) electrons. The predicted molar refractivity (Wildman–Crippen MR) is 84.0 cm³/mol. The van der Waals surface area contributed by atoms with Crippen molar-refractivity contribution in [2.24, 2.45) is 0 Å². The number of anilines is 1. The number of pyridine rings is 1. The largest absolute Gasteiger partial charge is 0.316 e. The minimum absolute atomic E-state index is 0.138. The smallest absolute Gasteiger partial charge is 0.292 e. The van der Waals surface area contributed by atoms with Crippen LogP contribution >= 0.6 is 0 Å². The first-order valence-electron chi connectivity index (χ1n) is 6.80. The quantitative estimate of drug-likeness (QED) is 0.694. The summed E-state index contributed by atoms with van der Waals surface area (Å²) in [6.45, 7) is 6.00. The lowest BCUT2D eigenvalue weighted by Gasteiger charge is -2.18. The third-order valence-electron chi connectivity index (χ3n) is 3.14. The van der Waals surface area contributed by atoms with Crippen LogP contribution in [0.5, 0.6) is 0 Å². The van der Waals surface area contributed by atoms with E-state index in [0.717, 1.165) is 5.69 Å². The fourth-order valence-electron chi connectivity index (χ4n) is 1.91. The first-order valence-corrected chi connectivity index (χ1v) is 6.80. The van der Waals surface area contributed by atoms with Gasteiger partial charge in [0.1, 0.15) is 5.69 Å². The Morgan fingerprint density at radius 2 is 1.91 bits per heavy atom. The van der Waals surface area contributed by atoms with Gasteiger partial charge in [0.25, 0.3) is 11.6 Å². The van der Waals surface area contributed by atoms with Gasteiger partial charge in [-0.05, 0) is 18.2 Å². The number of carbonyl (C=O) groups excluding carboxylic acids is 1. The Hall–Kier alpha value is -2.76. The Morgan fingerprint density at radius 1 is 1.23 bits per heavy atom. The molecule has 2 aromatic rings. The number of para-hydroxylation sites is 2. The van der Waals surface area contributed by atoms with E-state index in [1.807, 2.05) is 20.8 Å². The molecule has 6 nitrogen and oxygen atoms in total. The molecule has 114 valence electrons. The second kappa shape index (κ2) is 5.93. The lowest BCUT2D eigenvalue weighted by Crippen LogP contribution is -2.17. The van der Waals surface area contributed by atoms with E-state index in [9.17, 15) is 14.9 Å². The lowest BCUT2D eigenvalue weighted by atomic mass is 9.91. The Balaban J connectivity index is 2.29. The van der Waals surface area contributed by atoms with Gasteiger partial charge in [0.2, 0.25) is 0 Å². The van der Waals surface area contributed by atoms with E-state index in [4.69, 9.17) is 0 Å². The first-order chi connectivity index (χ1) is 10.3. The summed E-state index contributed by atoms with van der Waals surface area (Å²) in [4.78, 5) is 27.0. The van der Waals surface area contributed by atoms with Gasteiger partial charge >= 0.3 is 0 Å². The van der Waals surface area contributed by atoms with Crippen LogP contribution in [0.2, 0.25) is 0 Å². The fourth-order valence-corrected chi connectivity index (χ4v) is 1.91. The SMILES string of the molecule is CC(C)(C)c1cc(C(=O)Nc2ccccc2[N+](=O)[O-])ccn1. The molecule has 0 atom stereocenters. The number of aromatic nitrogens is 1. The van der Waals surface area contributed by atoms with Crippen LogP contribution in [0.25, 0.3) is 0 Å². The third kappa shape index (κ3) is 3.46.